The van der Waals surface area contributed by atoms with Crippen LogP contribution in [-0.4, -0.2) is 40.1 Å². The van der Waals surface area contributed by atoms with Gasteiger partial charge >= 0.3 is 0 Å². The SMILES string of the molecule is CC1CN(C(=O)c2cc3cccc(N)c3[nH]2)CCC1O. The molecule has 2 heterocycles. The first-order chi connectivity index (χ1) is 9.56. The summed E-state index contributed by atoms with van der Waals surface area (Å²) in [6, 6.07) is 7.46. The maximum Gasteiger partial charge on any atom is 0.270 e. The van der Waals surface area contributed by atoms with Crippen LogP contribution in [-0.2, 0) is 0 Å². The molecule has 1 aromatic heterocycles. The number of aliphatic hydroxyl groups is 1. The quantitative estimate of drug-likeness (QED) is 0.690. The van der Waals surface area contributed by atoms with Crippen molar-refractivity contribution in [2.24, 2.45) is 5.92 Å². The van der Waals surface area contributed by atoms with Crippen LogP contribution in [0.2, 0.25) is 0 Å². The van der Waals surface area contributed by atoms with Gasteiger partial charge in [0.2, 0.25) is 0 Å². The molecule has 3 rings (SSSR count). The Morgan fingerprint density at radius 2 is 2.30 bits per heavy atom. The zero-order valence-corrected chi connectivity index (χ0v) is 11.5. The van der Waals surface area contributed by atoms with Crippen molar-refractivity contribution in [3.8, 4) is 0 Å². The lowest BCUT2D eigenvalue weighted by molar-refractivity contribution is 0.0294. The molecule has 1 saturated heterocycles. The number of hydrogen-bond acceptors (Lipinski definition) is 3. The summed E-state index contributed by atoms with van der Waals surface area (Å²) < 4.78 is 0. The molecule has 0 saturated carbocycles. The van der Waals surface area contributed by atoms with Crippen molar-refractivity contribution >= 4 is 22.5 Å². The molecule has 2 atom stereocenters. The molecule has 0 spiro atoms. The third-order valence-electron chi connectivity index (χ3n) is 4.07. The van der Waals surface area contributed by atoms with Crippen molar-refractivity contribution in [1.29, 1.82) is 0 Å². The van der Waals surface area contributed by atoms with Crippen molar-refractivity contribution in [2.75, 3.05) is 18.8 Å². The number of H-pyrrole nitrogens is 1. The Labute approximate surface area is 117 Å². The number of nitrogens with zero attached hydrogens (tertiary/aromatic N) is 1. The maximum atomic E-state index is 12.5. The van der Waals surface area contributed by atoms with Crippen LogP contribution in [0.25, 0.3) is 10.9 Å². The number of para-hydroxylation sites is 1. The first kappa shape index (κ1) is 13.0. The highest BCUT2D eigenvalue weighted by molar-refractivity contribution is 6.00. The molecule has 2 unspecified atom stereocenters. The van der Waals surface area contributed by atoms with Gasteiger partial charge in [-0.15, -0.1) is 0 Å². The number of rotatable bonds is 1. The van der Waals surface area contributed by atoms with Gasteiger partial charge in [-0.25, -0.2) is 0 Å². The van der Waals surface area contributed by atoms with Crippen LogP contribution < -0.4 is 5.73 Å². The van der Waals surface area contributed by atoms with E-state index < -0.39 is 0 Å². The molecular formula is C15H19N3O2. The van der Waals surface area contributed by atoms with E-state index in [9.17, 15) is 9.90 Å². The Morgan fingerprint density at radius 1 is 1.50 bits per heavy atom. The van der Waals surface area contributed by atoms with Gasteiger partial charge in [0.05, 0.1) is 17.3 Å². The van der Waals surface area contributed by atoms with Gasteiger partial charge in [0.25, 0.3) is 5.91 Å². The highest BCUT2D eigenvalue weighted by atomic mass is 16.3. The zero-order chi connectivity index (χ0) is 14.3. The van der Waals surface area contributed by atoms with Crippen molar-refractivity contribution in [2.45, 2.75) is 19.4 Å². The van der Waals surface area contributed by atoms with Crippen LogP contribution in [0.15, 0.2) is 24.3 Å². The number of hydrogen-bond donors (Lipinski definition) is 3. The lowest BCUT2D eigenvalue weighted by Gasteiger charge is -2.34. The molecule has 0 radical (unpaired) electrons. The molecule has 1 fully saturated rings. The number of amides is 1. The highest BCUT2D eigenvalue weighted by Crippen LogP contribution is 2.23. The maximum absolute atomic E-state index is 12.5. The minimum absolute atomic E-state index is 0.0284. The zero-order valence-electron chi connectivity index (χ0n) is 11.5. The van der Waals surface area contributed by atoms with Gasteiger partial charge in [-0.1, -0.05) is 19.1 Å². The summed E-state index contributed by atoms with van der Waals surface area (Å²) in [5.41, 5.74) is 7.91. The number of carbonyl (C=O) groups is 1. The first-order valence-corrected chi connectivity index (χ1v) is 6.91. The van der Waals surface area contributed by atoms with E-state index in [1.165, 1.54) is 0 Å². The van der Waals surface area contributed by atoms with Crippen LogP contribution in [0.4, 0.5) is 5.69 Å². The molecule has 1 aliphatic heterocycles. The van der Waals surface area contributed by atoms with Crippen molar-refractivity contribution < 1.29 is 9.90 Å². The number of benzene rings is 1. The Kier molecular flexibility index (Phi) is 3.14. The number of nitrogens with one attached hydrogen (secondary N) is 1. The number of aliphatic hydroxyl groups excluding tert-OH is 1. The fourth-order valence-electron chi connectivity index (χ4n) is 2.78. The number of likely N-dealkylation sites (tertiary alicyclic amines) is 1. The van der Waals surface area contributed by atoms with Crippen LogP contribution in [0.3, 0.4) is 0 Å². The van der Waals surface area contributed by atoms with E-state index in [0.29, 0.717) is 30.9 Å². The van der Waals surface area contributed by atoms with E-state index >= 15 is 0 Å². The second kappa shape index (κ2) is 4.83. The Bertz CT molecular complexity index is 650. The molecule has 106 valence electrons. The number of carbonyl (C=O) groups excluding carboxylic acids is 1. The van der Waals surface area contributed by atoms with Gasteiger partial charge < -0.3 is 20.7 Å². The second-order valence-electron chi connectivity index (χ2n) is 5.58. The summed E-state index contributed by atoms with van der Waals surface area (Å²) in [5, 5.41) is 10.7. The lowest BCUT2D eigenvalue weighted by atomic mass is 9.96. The number of anilines is 1. The Morgan fingerprint density at radius 3 is 3.00 bits per heavy atom. The van der Waals surface area contributed by atoms with E-state index in [0.717, 1.165) is 10.9 Å². The molecule has 0 aliphatic carbocycles. The van der Waals surface area contributed by atoms with Crippen molar-refractivity contribution in [3.05, 3.63) is 30.0 Å². The molecule has 2 aromatic rings. The smallest absolute Gasteiger partial charge is 0.270 e. The average Bonchev–Trinajstić information content (AvgIpc) is 2.86. The summed E-state index contributed by atoms with van der Waals surface area (Å²) in [5.74, 6) is 0.0847. The molecule has 4 N–H and O–H groups in total. The molecule has 1 amide bonds. The fraction of sp³-hybridized carbons (Fsp3) is 0.400. The number of nitrogen functional groups attached to an aromatic ring is 1. The van der Waals surface area contributed by atoms with Gasteiger partial charge in [-0.3, -0.25) is 4.79 Å². The van der Waals surface area contributed by atoms with Gasteiger partial charge in [0.1, 0.15) is 5.69 Å². The van der Waals surface area contributed by atoms with E-state index in [1.54, 1.807) is 4.90 Å². The van der Waals surface area contributed by atoms with Crippen LogP contribution in [0, 0.1) is 5.92 Å². The van der Waals surface area contributed by atoms with Crippen molar-refractivity contribution in [3.63, 3.8) is 0 Å². The standard InChI is InChI=1S/C15H19N3O2/c1-9-8-18(6-5-13(9)19)15(20)12-7-10-3-2-4-11(16)14(10)17-12/h2-4,7,9,13,17,19H,5-6,8,16H2,1H3. The van der Waals surface area contributed by atoms with Gasteiger partial charge in [0, 0.05) is 18.5 Å². The number of fused-ring (bicyclic) bond motifs is 1. The summed E-state index contributed by atoms with van der Waals surface area (Å²) >= 11 is 0. The van der Waals surface area contributed by atoms with E-state index in [-0.39, 0.29) is 17.9 Å². The number of piperidine rings is 1. The predicted molar refractivity (Wildman–Crippen MR) is 78.4 cm³/mol. The van der Waals surface area contributed by atoms with E-state index in [4.69, 9.17) is 5.73 Å². The minimum Gasteiger partial charge on any atom is -0.397 e. The third-order valence-corrected chi connectivity index (χ3v) is 4.07. The molecule has 1 aliphatic rings. The normalized spacial score (nSPS) is 23.2. The Hall–Kier alpha value is -2.01. The minimum atomic E-state index is -0.308. The number of nitrogens with two attached hydrogens (primary N) is 1. The van der Waals surface area contributed by atoms with E-state index in [1.807, 2.05) is 31.2 Å². The van der Waals surface area contributed by atoms with Gasteiger partial charge in [0.15, 0.2) is 0 Å². The molecule has 5 heteroatoms. The summed E-state index contributed by atoms with van der Waals surface area (Å²) in [7, 11) is 0. The molecule has 0 bridgehead atoms. The summed E-state index contributed by atoms with van der Waals surface area (Å²) in [6.07, 6.45) is 0.326. The molecular weight excluding hydrogens is 254 g/mol. The number of aromatic nitrogens is 1. The van der Waals surface area contributed by atoms with Crippen LogP contribution in [0.1, 0.15) is 23.8 Å². The monoisotopic (exact) mass is 273 g/mol. The summed E-state index contributed by atoms with van der Waals surface area (Å²) in [6.45, 7) is 3.15. The van der Waals surface area contributed by atoms with Crippen LogP contribution in [0.5, 0.6) is 0 Å². The van der Waals surface area contributed by atoms with Gasteiger partial charge in [-0.2, -0.15) is 0 Å². The molecule has 5 nitrogen and oxygen atoms in total. The average molecular weight is 273 g/mol. The topological polar surface area (TPSA) is 82.3 Å². The van der Waals surface area contributed by atoms with Crippen LogP contribution >= 0.6 is 0 Å². The predicted octanol–water partition coefficient (Wildman–Crippen LogP) is 1.59. The third kappa shape index (κ3) is 2.14. The van der Waals surface area contributed by atoms with E-state index in [2.05, 4.69) is 4.98 Å². The largest absolute Gasteiger partial charge is 0.397 e. The van der Waals surface area contributed by atoms with Gasteiger partial charge in [-0.05, 0) is 24.5 Å². The highest BCUT2D eigenvalue weighted by Gasteiger charge is 2.28. The van der Waals surface area contributed by atoms with Crippen molar-refractivity contribution in [1.82, 2.24) is 9.88 Å². The fourth-order valence-corrected chi connectivity index (χ4v) is 2.78. The second-order valence-corrected chi connectivity index (χ2v) is 5.58. The number of aromatic amines is 1. The Balaban J connectivity index is 1.87. The lowest BCUT2D eigenvalue weighted by Crippen LogP contribution is -2.45. The first-order valence-electron chi connectivity index (χ1n) is 6.91. The summed E-state index contributed by atoms with van der Waals surface area (Å²) in [4.78, 5) is 17.4. The molecule has 20 heavy (non-hydrogen) atoms. The molecule has 1 aromatic carbocycles.